The molecule has 2 aliphatic rings. The molecule has 0 aromatic carbocycles. The molecule has 0 saturated carbocycles. The Morgan fingerprint density at radius 2 is 2.15 bits per heavy atom. The van der Waals surface area contributed by atoms with Gasteiger partial charge in [-0.15, -0.1) is 0 Å². The van der Waals surface area contributed by atoms with Crippen LogP contribution in [0.2, 0.25) is 0 Å². The van der Waals surface area contributed by atoms with Gasteiger partial charge < -0.3 is 4.90 Å². The minimum absolute atomic E-state index is 0.479. The van der Waals surface area contributed by atoms with Crippen LogP contribution in [-0.4, -0.2) is 33.9 Å². The molecule has 2 heterocycles. The number of alkyl halides is 1. The van der Waals surface area contributed by atoms with E-state index in [0.29, 0.717) is 13.0 Å². The summed E-state index contributed by atoms with van der Waals surface area (Å²) >= 11 is 0. The molecule has 20 heavy (non-hydrogen) atoms. The maximum atomic E-state index is 13.6. The van der Waals surface area contributed by atoms with E-state index >= 15 is 0 Å². The molecule has 110 valence electrons. The topological polar surface area (TPSA) is 21.1 Å². The highest BCUT2D eigenvalue weighted by Crippen LogP contribution is 2.31. The molecular weight excluding hydrogens is 253 g/mol. The van der Waals surface area contributed by atoms with Crippen LogP contribution in [0.4, 0.5) is 4.39 Å². The lowest BCUT2D eigenvalue weighted by Crippen LogP contribution is -2.35. The predicted molar refractivity (Wildman–Crippen MR) is 79.3 cm³/mol. The Morgan fingerprint density at radius 1 is 1.35 bits per heavy atom. The fourth-order valence-electron chi connectivity index (χ4n) is 3.48. The highest BCUT2D eigenvalue weighted by molar-refractivity contribution is 5.63. The normalized spacial score (nSPS) is 22.7. The summed E-state index contributed by atoms with van der Waals surface area (Å²) in [6, 6.07) is 0. The molecule has 3 rings (SSSR count). The number of fused-ring (bicyclic) bond motifs is 1. The van der Waals surface area contributed by atoms with E-state index in [0.717, 1.165) is 43.7 Å². The van der Waals surface area contributed by atoms with E-state index in [1.807, 2.05) is 0 Å². The summed E-state index contributed by atoms with van der Waals surface area (Å²) in [6.45, 7) is 8.65. The van der Waals surface area contributed by atoms with Crippen molar-refractivity contribution in [3.8, 4) is 0 Å². The van der Waals surface area contributed by atoms with E-state index < -0.39 is 6.17 Å². The summed E-state index contributed by atoms with van der Waals surface area (Å²) in [5.41, 5.74) is 4.70. The van der Waals surface area contributed by atoms with Gasteiger partial charge in [-0.3, -0.25) is 4.68 Å². The first-order valence-electron chi connectivity index (χ1n) is 7.87. The molecule has 0 radical (unpaired) electrons. The van der Waals surface area contributed by atoms with Crippen LogP contribution in [0.25, 0.3) is 5.70 Å². The molecule has 1 aromatic rings. The number of piperidine rings is 1. The Labute approximate surface area is 120 Å². The van der Waals surface area contributed by atoms with Crippen molar-refractivity contribution < 1.29 is 4.39 Å². The largest absolute Gasteiger partial charge is 0.367 e. The summed E-state index contributed by atoms with van der Waals surface area (Å²) in [7, 11) is 0. The Hall–Kier alpha value is -1.32. The highest BCUT2D eigenvalue weighted by Gasteiger charge is 2.26. The third-order valence-electron chi connectivity index (χ3n) is 4.58. The Morgan fingerprint density at radius 3 is 2.90 bits per heavy atom. The molecule has 0 spiro atoms. The molecule has 4 heteroatoms. The Balaban J connectivity index is 1.89. The third kappa shape index (κ3) is 2.36. The number of rotatable bonds is 3. The number of hydrogen-bond donors (Lipinski definition) is 0. The van der Waals surface area contributed by atoms with Gasteiger partial charge in [0.05, 0.1) is 5.70 Å². The van der Waals surface area contributed by atoms with Gasteiger partial charge >= 0.3 is 0 Å². The molecular formula is C16H24FN3. The number of halogens is 1. The van der Waals surface area contributed by atoms with Gasteiger partial charge in [0, 0.05) is 30.9 Å². The van der Waals surface area contributed by atoms with Crippen molar-refractivity contribution in [2.24, 2.45) is 0 Å². The molecule has 1 aromatic heterocycles. The van der Waals surface area contributed by atoms with E-state index in [4.69, 9.17) is 5.10 Å². The van der Waals surface area contributed by atoms with Crippen molar-refractivity contribution in [2.75, 3.05) is 13.1 Å². The quantitative estimate of drug-likeness (QED) is 0.846. The SMILES string of the molecule is C=C(c1nn(CC)c2c1CCCC2)N1CCCC(F)C1. The van der Waals surface area contributed by atoms with Crippen LogP contribution in [-0.2, 0) is 19.4 Å². The first kappa shape index (κ1) is 13.7. The smallest absolute Gasteiger partial charge is 0.118 e. The Kier molecular flexibility index (Phi) is 3.81. The minimum Gasteiger partial charge on any atom is -0.367 e. The van der Waals surface area contributed by atoms with Crippen molar-refractivity contribution in [3.63, 3.8) is 0 Å². The fourth-order valence-corrected chi connectivity index (χ4v) is 3.48. The number of hydrogen-bond acceptors (Lipinski definition) is 2. The molecule has 1 fully saturated rings. The monoisotopic (exact) mass is 277 g/mol. The molecule has 1 atom stereocenters. The minimum atomic E-state index is -0.718. The lowest BCUT2D eigenvalue weighted by molar-refractivity contribution is 0.188. The van der Waals surface area contributed by atoms with E-state index in [-0.39, 0.29) is 0 Å². The van der Waals surface area contributed by atoms with Gasteiger partial charge in [0.2, 0.25) is 0 Å². The molecule has 3 nitrogen and oxygen atoms in total. The maximum Gasteiger partial charge on any atom is 0.118 e. The van der Waals surface area contributed by atoms with Gasteiger partial charge in [0.25, 0.3) is 0 Å². The summed E-state index contributed by atoms with van der Waals surface area (Å²) < 4.78 is 15.7. The highest BCUT2D eigenvalue weighted by atomic mass is 19.1. The van der Waals surface area contributed by atoms with Crippen molar-refractivity contribution >= 4 is 5.70 Å². The van der Waals surface area contributed by atoms with Crippen LogP contribution in [0, 0.1) is 0 Å². The second-order valence-electron chi connectivity index (χ2n) is 5.93. The summed E-state index contributed by atoms with van der Waals surface area (Å²) in [5, 5.41) is 4.76. The van der Waals surface area contributed by atoms with E-state index in [1.165, 1.54) is 24.1 Å². The second kappa shape index (κ2) is 5.58. The molecule has 1 unspecified atom stereocenters. The summed E-state index contributed by atoms with van der Waals surface area (Å²) in [4.78, 5) is 2.09. The number of aromatic nitrogens is 2. The lowest BCUT2D eigenvalue weighted by Gasteiger charge is -2.32. The van der Waals surface area contributed by atoms with Gasteiger partial charge in [0.15, 0.2) is 0 Å². The van der Waals surface area contributed by atoms with E-state index in [9.17, 15) is 4.39 Å². The van der Waals surface area contributed by atoms with Gasteiger partial charge in [-0.25, -0.2) is 4.39 Å². The summed E-state index contributed by atoms with van der Waals surface area (Å²) in [5.74, 6) is 0. The van der Waals surface area contributed by atoms with Crippen molar-refractivity contribution in [2.45, 2.75) is 58.2 Å². The van der Waals surface area contributed by atoms with Crippen LogP contribution in [0.3, 0.4) is 0 Å². The maximum absolute atomic E-state index is 13.6. The Bertz CT molecular complexity index is 506. The van der Waals surface area contributed by atoms with E-state index in [2.05, 4.69) is 23.1 Å². The van der Waals surface area contributed by atoms with Crippen LogP contribution in [0.5, 0.6) is 0 Å². The van der Waals surface area contributed by atoms with Crippen molar-refractivity contribution in [1.82, 2.24) is 14.7 Å². The second-order valence-corrected chi connectivity index (χ2v) is 5.93. The van der Waals surface area contributed by atoms with Crippen LogP contribution >= 0.6 is 0 Å². The zero-order valence-electron chi connectivity index (χ0n) is 12.4. The molecule has 1 aliphatic carbocycles. The molecule has 1 aliphatic heterocycles. The van der Waals surface area contributed by atoms with Crippen molar-refractivity contribution in [3.05, 3.63) is 23.5 Å². The van der Waals surface area contributed by atoms with Gasteiger partial charge in [-0.05, 0) is 45.4 Å². The van der Waals surface area contributed by atoms with Crippen LogP contribution < -0.4 is 0 Å². The molecule has 0 bridgehead atoms. The predicted octanol–water partition coefficient (Wildman–Crippen LogP) is 3.19. The van der Waals surface area contributed by atoms with Gasteiger partial charge in [-0.2, -0.15) is 5.10 Å². The zero-order valence-corrected chi connectivity index (χ0v) is 12.4. The van der Waals surface area contributed by atoms with E-state index in [1.54, 1.807) is 0 Å². The first-order chi connectivity index (χ1) is 9.70. The molecule has 0 N–H and O–H groups in total. The van der Waals surface area contributed by atoms with Gasteiger partial charge in [0.1, 0.15) is 11.9 Å². The standard InChI is InChI=1S/C16H24FN3/c1-3-20-15-9-5-4-8-14(15)16(18-20)12(2)19-10-6-7-13(17)11-19/h13H,2-11H2,1H3. The van der Waals surface area contributed by atoms with Crippen LogP contribution in [0.1, 0.15) is 49.6 Å². The average Bonchev–Trinajstić information content (AvgIpc) is 2.85. The zero-order chi connectivity index (χ0) is 14.1. The number of likely N-dealkylation sites (tertiary alicyclic amines) is 1. The van der Waals surface area contributed by atoms with Crippen molar-refractivity contribution in [1.29, 1.82) is 0 Å². The summed E-state index contributed by atoms with van der Waals surface area (Å²) in [6.07, 6.45) is 5.58. The third-order valence-corrected chi connectivity index (χ3v) is 4.58. The number of aryl methyl sites for hydroxylation is 1. The molecule has 0 amide bonds. The fraction of sp³-hybridized carbons (Fsp3) is 0.688. The average molecular weight is 277 g/mol. The first-order valence-corrected chi connectivity index (χ1v) is 7.87. The van der Waals surface area contributed by atoms with Crippen LogP contribution in [0.15, 0.2) is 6.58 Å². The number of nitrogens with zero attached hydrogens (tertiary/aromatic N) is 3. The molecule has 1 saturated heterocycles. The van der Waals surface area contributed by atoms with Gasteiger partial charge in [-0.1, -0.05) is 6.58 Å². The lowest BCUT2D eigenvalue weighted by atomic mass is 9.94.